The highest BCUT2D eigenvalue weighted by atomic mass is 28.4. The molecular formula is C19H38O4Si. The van der Waals surface area contributed by atoms with E-state index in [0.29, 0.717) is 12.2 Å². The van der Waals surface area contributed by atoms with E-state index in [1.54, 1.807) is 6.92 Å². The van der Waals surface area contributed by atoms with E-state index in [-0.39, 0.29) is 5.97 Å². The summed E-state index contributed by atoms with van der Waals surface area (Å²) >= 11 is 0. The van der Waals surface area contributed by atoms with Gasteiger partial charge in [0, 0.05) is 18.8 Å². The van der Waals surface area contributed by atoms with Crippen LogP contribution < -0.4 is 0 Å². The van der Waals surface area contributed by atoms with Crippen molar-refractivity contribution in [3.8, 4) is 0 Å². The molecule has 0 amide bonds. The maximum Gasteiger partial charge on any atom is 0.334 e. The Hall–Kier alpha value is -0.653. The number of rotatable bonds is 16. The van der Waals surface area contributed by atoms with E-state index in [2.05, 4.69) is 13.1 Å². The van der Waals surface area contributed by atoms with Gasteiger partial charge in [-0.2, -0.15) is 0 Å². The highest BCUT2D eigenvalue weighted by Gasteiger charge is 2.29. The minimum atomic E-state index is -1.90. The van der Waals surface area contributed by atoms with Crippen molar-refractivity contribution in [2.75, 3.05) is 19.8 Å². The third kappa shape index (κ3) is 12.7. The number of ether oxygens (including phenoxy) is 1. The number of carbonyl (C=O) groups is 1. The van der Waals surface area contributed by atoms with E-state index in [1.165, 1.54) is 38.5 Å². The van der Waals surface area contributed by atoms with Crippen molar-refractivity contribution < 1.29 is 18.4 Å². The minimum Gasteiger partial charge on any atom is -0.462 e. The van der Waals surface area contributed by atoms with Crippen LogP contribution in [0.2, 0.25) is 12.6 Å². The van der Waals surface area contributed by atoms with Gasteiger partial charge in [-0.25, -0.2) is 4.79 Å². The molecule has 0 heterocycles. The van der Waals surface area contributed by atoms with Crippen LogP contribution in [0.25, 0.3) is 0 Å². The smallest absolute Gasteiger partial charge is 0.334 e. The van der Waals surface area contributed by atoms with Gasteiger partial charge in [-0.1, -0.05) is 51.5 Å². The molecule has 0 saturated heterocycles. The summed E-state index contributed by atoms with van der Waals surface area (Å²) in [5, 5.41) is 0. The molecule has 0 atom stereocenters. The first-order valence-corrected chi connectivity index (χ1v) is 12.1. The summed E-state index contributed by atoms with van der Waals surface area (Å²) in [6, 6.07) is 1.10. The molecule has 4 nitrogen and oxygen atoms in total. The van der Waals surface area contributed by atoms with Crippen LogP contribution in [0.1, 0.15) is 72.1 Å². The molecule has 0 bridgehead atoms. The number of carbonyl (C=O) groups excluding carboxylic acids is 1. The molecule has 0 rings (SSSR count). The lowest BCUT2D eigenvalue weighted by Crippen LogP contribution is -2.38. The van der Waals surface area contributed by atoms with Crippen molar-refractivity contribution >= 4 is 14.5 Å². The summed E-state index contributed by atoms with van der Waals surface area (Å²) in [5.74, 6) is -0.273. The Morgan fingerprint density at radius 3 is 1.79 bits per heavy atom. The molecule has 0 aromatic carbocycles. The first kappa shape index (κ1) is 23.3. The third-order valence-electron chi connectivity index (χ3n) is 4.01. The molecule has 24 heavy (non-hydrogen) atoms. The minimum absolute atomic E-state index is 0.273. The van der Waals surface area contributed by atoms with E-state index < -0.39 is 8.56 Å². The molecule has 0 fully saturated rings. The zero-order valence-electron chi connectivity index (χ0n) is 16.3. The maximum absolute atomic E-state index is 11.2. The summed E-state index contributed by atoms with van der Waals surface area (Å²) in [5.41, 5.74) is 0.475. The second-order valence-corrected chi connectivity index (χ2v) is 9.84. The zero-order chi connectivity index (χ0) is 18.3. The average molecular weight is 359 g/mol. The second-order valence-electron chi connectivity index (χ2n) is 6.49. The molecule has 5 heteroatoms. The number of hydrogen-bond donors (Lipinski definition) is 0. The first-order chi connectivity index (χ1) is 11.4. The van der Waals surface area contributed by atoms with Gasteiger partial charge in [0.05, 0.1) is 6.61 Å². The summed E-state index contributed by atoms with van der Waals surface area (Å²) in [7, 11) is -1.90. The van der Waals surface area contributed by atoms with Crippen molar-refractivity contribution in [1.29, 1.82) is 0 Å². The normalized spacial score (nSPS) is 11.5. The molecule has 0 spiro atoms. The van der Waals surface area contributed by atoms with Crippen LogP contribution in [0.15, 0.2) is 12.2 Å². The van der Waals surface area contributed by atoms with Crippen LogP contribution in [0.5, 0.6) is 0 Å². The predicted molar refractivity (Wildman–Crippen MR) is 102 cm³/mol. The van der Waals surface area contributed by atoms with Crippen LogP contribution in [0, 0.1) is 0 Å². The van der Waals surface area contributed by atoms with Gasteiger partial charge < -0.3 is 13.6 Å². The summed E-state index contributed by atoms with van der Waals surface area (Å²) in [6.07, 6.45) is 9.60. The predicted octanol–water partition coefficient (Wildman–Crippen LogP) is 5.37. The van der Waals surface area contributed by atoms with Crippen molar-refractivity contribution in [2.24, 2.45) is 0 Å². The largest absolute Gasteiger partial charge is 0.462 e. The van der Waals surface area contributed by atoms with Crippen LogP contribution in [-0.2, 0) is 18.4 Å². The monoisotopic (exact) mass is 358 g/mol. The molecule has 0 unspecified atom stereocenters. The van der Waals surface area contributed by atoms with E-state index in [4.69, 9.17) is 13.6 Å². The van der Waals surface area contributed by atoms with E-state index in [0.717, 1.165) is 32.1 Å². The SMILES string of the molecule is C=C(C)C(=O)OCCCCCCCCCC[Si](C)(OCC)OCC. The molecule has 142 valence electrons. The Morgan fingerprint density at radius 1 is 0.875 bits per heavy atom. The molecule has 0 aliphatic rings. The van der Waals surface area contributed by atoms with E-state index in [9.17, 15) is 4.79 Å². The van der Waals surface area contributed by atoms with Gasteiger partial charge in [0.1, 0.15) is 0 Å². The second kappa shape index (κ2) is 14.7. The Bertz CT molecular complexity index is 338. The Labute approximate surface area is 150 Å². The first-order valence-electron chi connectivity index (χ1n) is 9.55. The van der Waals surface area contributed by atoms with Gasteiger partial charge in [0.2, 0.25) is 0 Å². The summed E-state index contributed by atoms with van der Waals surface area (Å²) in [4.78, 5) is 11.2. The Balaban J connectivity index is 3.44. The lowest BCUT2D eigenvalue weighted by atomic mass is 10.1. The molecule has 0 radical (unpaired) electrons. The number of hydrogen-bond acceptors (Lipinski definition) is 4. The molecular weight excluding hydrogens is 320 g/mol. The van der Waals surface area contributed by atoms with Crippen LogP contribution in [-0.4, -0.2) is 34.4 Å². The molecule has 0 aliphatic carbocycles. The van der Waals surface area contributed by atoms with Crippen LogP contribution in [0.4, 0.5) is 0 Å². The molecule has 0 N–H and O–H groups in total. The summed E-state index contributed by atoms with van der Waals surface area (Å²) < 4.78 is 16.8. The number of esters is 1. The fourth-order valence-electron chi connectivity index (χ4n) is 2.69. The van der Waals surface area contributed by atoms with Gasteiger partial charge in [-0.05, 0) is 39.8 Å². The standard InChI is InChI=1S/C19H38O4Si/c1-6-22-24(5,23-7-2)17-15-13-11-9-8-10-12-14-16-21-19(20)18(3)4/h3,6-17H2,1-2,4-5H3. The third-order valence-corrected chi connectivity index (χ3v) is 7.07. The van der Waals surface area contributed by atoms with Crippen molar-refractivity contribution in [3.05, 3.63) is 12.2 Å². The van der Waals surface area contributed by atoms with Gasteiger partial charge in [0.25, 0.3) is 0 Å². The quantitative estimate of drug-likeness (QED) is 0.161. The van der Waals surface area contributed by atoms with E-state index in [1.807, 2.05) is 13.8 Å². The molecule has 0 aromatic rings. The topological polar surface area (TPSA) is 44.8 Å². The highest BCUT2D eigenvalue weighted by Crippen LogP contribution is 2.19. The van der Waals surface area contributed by atoms with E-state index >= 15 is 0 Å². The van der Waals surface area contributed by atoms with Crippen molar-refractivity contribution in [3.63, 3.8) is 0 Å². The van der Waals surface area contributed by atoms with Gasteiger partial charge in [0.15, 0.2) is 0 Å². The molecule has 0 saturated carbocycles. The van der Waals surface area contributed by atoms with Gasteiger partial charge in [-0.15, -0.1) is 0 Å². The fourth-order valence-corrected chi connectivity index (χ4v) is 5.18. The van der Waals surface area contributed by atoms with Crippen molar-refractivity contribution in [1.82, 2.24) is 0 Å². The maximum atomic E-state index is 11.2. The Kier molecular flexibility index (Phi) is 14.3. The van der Waals surface area contributed by atoms with Crippen molar-refractivity contribution in [2.45, 2.75) is 84.7 Å². The summed E-state index contributed by atoms with van der Waals surface area (Å²) in [6.45, 7) is 13.5. The fraction of sp³-hybridized carbons (Fsp3) is 0.842. The lowest BCUT2D eigenvalue weighted by molar-refractivity contribution is -0.139. The number of unbranched alkanes of at least 4 members (excludes halogenated alkanes) is 7. The van der Waals surface area contributed by atoms with Gasteiger partial charge in [-0.3, -0.25) is 0 Å². The Morgan fingerprint density at radius 2 is 1.33 bits per heavy atom. The lowest BCUT2D eigenvalue weighted by Gasteiger charge is -2.25. The highest BCUT2D eigenvalue weighted by molar-refractivity contribution is 6.66. The molecule has 0 aliphatic heterocycles. The van der Waals surface area contributed by atoms with Crippen LogP contribution >= 0.6 is 0 Å². The van der Waals surface area contributed by atoms with Gasteiger partial charge >= 0.3 is 14.5 Å². The zero-order valence-corrected chi connectivity index (χ0v) is 17.3. The molecule has 0 aromatic heterocycles. The van der Waals surface area contributed by atoms with Crippen LogP contribution in [0.3, 0.4) is 0 Å². The average Bonchev–Trinajstić information content (AvgIpc) is 2.52.